The fourth-order valence-electron chi connectivity index (χ4n) is 1.81. The van der Waals surface area contributed by atoms with Gasteiger partial charge in [0.15, 0.2) is 10.5 Å². The average Bonchev–Trinajstić information content (AvgIpc) is 2.80. The Morgan fingerprint density at radius 2 is 2.06 bits per heavy atom. The first-order valence-electron chi connectivity index (χ1n) is 5.22. The van der Waals surface area contributed by atoms with Gasteiger partial charge in [0.2, 0.25) is 0 Å². The molecule has 0 bridgehead atoms. The highest BCUT2D eigenvalue weighted by atomic mass is 79.9. The lowest BCUT2D eigenvalue weighted by molar-refractivity contribution is 0.580. The van der Waals surface area contributed by atoms with Gasteiger partial charge in [0.05, 0.1) is 11.8 Å². The fourth-order valence-corrected chi connectivity index (χ4v) is 2.18. The van der Waals surface area contributed by atoms with E-state index in [9.17, 15) is 0 Å². The molecule has 0 unspecified atom stereocenters. The summed E-state index contributed by atoms with van der Waals surface area (Å²) in [6.07, 6.45) is 1.64. The van der Waals surface area contributed by atoms with Gasteiger partial charge in [-0.15, -0.1) is 0 Å². The molecular weight excluding hydrogens is 280 g/mol. The molecule has 0 spiro atoms. The Morgan fingerprint density at radius 1 is 1.18 bits per heavy atom. The first-order valence-corrected chi connectivity index (χ1v) is 6.01. The second-order valence-corrected chi connectivity index (χ2v) is 4.55. The molecule has 0 aliphatic heterocycles. The van der Waals surface area contributed by atoms with Crippen LogP contribution < -0.4 is 0 Å². The van der Waals surface area contributed by atoms with Crippen molar-refractivity contribution < 1.29 is 4.42 Å². The maximum Gasteiger partial charge on any atom is 0.197 e. The lowest BCUT2D eigenvalue weighted by Crippen LogP contribution is -1.91. The van der Waals surface area contributed by atoms with Gasteiger partial charge in [-0.2, -0.15) is 0 Å². The van der Waals surface area contributed by atoms with E-state index in [4.69, 9.17) is 4.42 Å². The summed E-state index contributed by atoms with van der Waals surface area (Å²) in [5, 5.41) is 0.994. The summed E-state index contributed by atoms with van der Waals surface area (Å²) in [5.41, 5.74) is 2.90. The Hall–Kier alpha value is -1.68. The van der Waals surface area contributed by atoms with Crippen molar-refractivity contribution in [2.45, 2.75) is 6.92 Å². The number of rotatable bonds is 1. The Morgan fingerprint density at radius 3 is 2.82 bits per heavy atom. The van der Waals surface area contributed by atoms with Crippen molar-refractivity contribution >= 4 is 26.8 Å². The van der Waals surface area contributed by atoms with E-state index in [1.807, 2.05) is 37.3 Å². The molecule has 0 N–H and O–H groups in total. The predicted octanol–water partition coefficient (Wildman–Crippen LogP) is 3.96. The van der Waals surface area contributed by atoms with Crippen LogP contribution in [0.25, 0.3) is 22.4 Å². The second-order valence-electron chi connectivity index (χ2n) is 3.84. The fraction of sp³-hybridized carbons (Fsp3) is 0.0769. The van der Waals surface area contributed by atoms with Crippen molar-refractivity contribution in [3.63, 3.8) is 0 Å². The van der Waals surface area contributed by atoms with Gasteiger partial charge in [0, 0.05) is 5.39 Å². The molecule has 0 aliphatic rings. The summed E-state index contributed by atoms with van der Waals surface area (Å²) in [6.45, 7) is 2.04. The van der Waals surface area contributed by atoms with Crippen molar-refractivity contribution in [1.82, 2.24) is 9.97 Å². The van der Waals surface area contributed by atoms with Crippen molar-refractivity contribution in [2.24, 2.45) is 0 Å². The number of benzene rings is 1. The quantitative estimate of drug-likeness (QED) is 0.636. The van der Waals surface area contributed by atoms with Gasteiger partial charge < -0.3 is 4.42 Å². The van der Waals surface area contributed by atoms with Crippen molar-refractivity contribution in [3.8, 4) is 11.5 Å². The molecule has 3 nitrogen and oxygen atoms in total. The normalized spacial score (nSPS) is 10.9. The molecule has 3 aromatic rings. The van der Waals surface area contributed by atoms with Crippen LogP contribution in [0.4, 0.5) is 0 Å². The molecular formula is C13H9BrN2O. The number of aromatic nitrogens is 2. The first-order chi connectivity index (χ1) is 8.24. The molecule has 0 aliphatic carbocycles. The largest absolute Gasteiger partial charge is 0.463 e. The molecule has 0 atom stereocenters. The number of furan rings is 1. The zero-order chi connectivity index (χ0) is 11.8. The molecule has 0 radical (unpaired) electrons. The lowest BCUT2D eigenvalue weighted by Gasteiger charge is -2.04. The molecule has 0 amide bonds. The predicted molar refractivity (Wildman–Crippen MR) is 69.7 cm³/mol. The molecule has 0 saturated heterocycles. The lowest BCUT2D eigenvalue weighted by atomic mass is 10.1. The summed E-state index contributed by atoms with van der Waals surface area (Å²) in [5.74, 6) is 0.752. The van der Waals surface area contributed by atoms with Crippen LogP contribution in [0.1, 0.15) is 5.56 Å². The van der Waals surface area contributed by atoms with Crippen molar-refractivity contribution in [3.05, 3.63) is 46.9 Å². The Kier molecular flexibility index (Phi) is 2.44. The highest BCUT2D eigenvalue weighted by Crippen LogP contribution is 2.28. The zero-order valence-corrected chi connectivity index (χ0v) is 10.7. The van der Waals surface area contributed by atoms with Gasteiger partial charge in [-0.25, -0.2) is 9.97 Å². The first kappa shape index (κ1) is 10.5. The van der Waals surface area contributed by atoms with E-state index in [1.165, 1.54) is 5.56 Å². The summed E-state index contributed by atoms with van der Waals surface area (Å²) in [6, 6.07) is 9.86. The van der Waals surface area contributed by atoms with Crippen LogP contribution in [0.2, 0.25) is 0 Å². The smallest absolute Gasteiger partial charge is 0.197 e. The van der Waals surface area contributed by atoms with Crippen LogP contribution in [0.3, 0.4) is 0 Å². The van der Waals surface area contributed by atoms with E-state index < -0.39 is 0 Å². The third kappa shape index (κ3) is 1.85. The molecule has 0 saturated carbocycles. The van der Waals surface area contributed by atoms with Gasteiger partial charge in [-0.3, -0.25) is 0 Å². The molecule has 1 aromatic carbocycles. The number of aryl methyl sites for hydroxylation is 1. The Bertz CT molecular complexity index is 672. The topological polar surface area (TPSA) is 38.9 Å². The number of nitrogens with zero attached hydrogens (tertiary/aromatic N) is 2. The number of halogens is 1. The van der Waals surface area contributed by atoms with Crippen molar-refractivity contribution in [2.75, 3.05) is 0 Å². The van der Waals surface area contributed by atoms with E-state index >= 15 is 0 Å². The third-order valence-electron chi connectivity index (χ3n) is 2.58. The molecule has 3 rings (SSSR count). The highest BCUT2D eigenvalue weighted by molar-refractivity contribution is 9.10. The Balaban J connectivity index is 2.38. The molecule has 2 aromatic heterocycles. The maximum atomic E-state index is 5.40. The van der Waals surface area contributed by atoms with Crippen LogP contribution >= 0.6 is 15.9 Å². The van der Waals surface area contributed by atoms with E-state index in [1.54, 1.807) is 6.26 Å². The molecule has 17 heavy (non-hydrogen) atoms. The average molecular weight is 289 g/mol. The molecule has 0 fully saturated rings. The number of hydrogen-bond acceptors (Lipinski definition) is 3. The standard InChI is InChI=1S/C13H9BrN2O/c1-8-4-5-9-10(7-8)15-13(14)16-12(9)11-3-2-6-17-11/h2-7H,1H3. The highest BCUT2D eigenvalue weighted by Gasteiger charge is 2.10. The molecule has 84 valence electrons. The van der Waals surface area contributed by atoms with Crippen LogP contribution in [0.15, 0.2) is 45.7 Å². The van der Waals surface area contributed by atoms with E-state index in [0.29, 0.717) is 4.73 Å². The molecule has 2 heterocycles. The van der Waals surface area contributed by atoms with Gasteiger partial charge in [-0.05, 0) is 46.6 Å². The number of hydrogen-bond donors (Lipinski definition) is 0. The third-order valence-corrected chi connectivity index (χ3v) is 2.93. The van der Waals surface area contributed by atoms with Crippen LogP contribution in [-0.2, 0) is 0 Å². The van der Waals surface area contributed by atoms with Crippen LogP contribution in [0, 0.1) is 6.92 Å². The SMILES string of the molecule is Cc1ccc2c(-c3ccco3)nc(Br)nc2c1. The summed E-state index contributed by atoms with van der Waals surface area (Å²) in [4.78, 5) is 8.76. The second kappa shape index (κ2) is 3.96. The minimum absolute atomic E-state index is 0.571. The van der Waals surface area contributed by atoms with Crippen molar-refractivity contribution in [1.29, 1.82) is 0 Å². The van der Waals surface area contributed by atoms with Crippen LogP contribution in [0.5, 0.6) is 0 Å². The van der Waals surface area contributed by atoms with Gasteiger partial charge in [0.1, 0.15) is 5.69 Å². The monoisotopic (exact) mass is 288 g/mol. The minimum atomic E-state index is 0.571. The van der Waals surface area contributed by atoms with Gasteiger partial charge in [0.25, 0.3) is 0 Å². The van der Waals surface area contributed by atoms with E-state index in [-0.39, 0.29) is 0 Å². The minimum Gasteiger partial charge on any atom is -0.463 e. The van der Waals surface area contributed by atoms with Gasteiger partial charge in [-0.1, -0.05) is 12.1 Å². The summed E-state index contributed by atoms with van der Waals surface area (Å²) in [7, 11) is 0. The maximum absolute atomic E-state index is 5.40. The zero-order valence-electron chi connectivity index (χ0n) is 9.14. The number of fused-ring (bicyclic) bond motifs is 1. The van der Waals surface area contributed by atoms with Crippen LogP contribution in [-0.4, -0.2) is 9.97 Å². The Labute approximate surface area is 107 Å². The van der Waals surface area contributed by atoms with Gasteiger partial charge >= 0.3 is 0 Å². The van der Waals surface area contributed by atoms with E-state index in [2.05, 4.69) is 25.9 Å². The summed E-state index contributed by atoms with van der Waals surface area (Å²) >= 11 is 3.33. The molecule has 4 heteroatoms. The summed E-state index contributed by atoms with van der Waals surface area (Å²) < 4.78 is 5.97. The van der Waals surface area contributed by atoms with E-state index in [0.717, 1.165) is 22.4 Å².